The molecule has 1 aliphatic rings. The van der Waals surface area contributed by atoms with Gasteiger partial charge in [0.1, 0.15) is 11.9 Å². The summed E-state index contributed by atoms with van der Waals surface area (Å²) < 4.78 is 2.06. The second kappa shape index (κ2) is 8.15. The molecule has 1 fully saturated rings. The molecule has 0 radical (unpaired) electrons. The minimum absolute atomic E-state index is 0.00766. The van der Waals surface area contributed by atoms with Crippen LogP contribution in [0.25, 0.3) is 11.0 Å². The molecule has 4 rings (SSSR count). The van der Waals surface area contributed by atoms with E-state index in [2.05, 4.69) is 27.8 Å². The molecule has 2 aromatic carbocycles. The Labute approximate surface area is 166 Å². The number of hydrogen-bond donors (Lipinski definition) is 1. The van der Waals surface area contributed by atoms with Gasteiger partial charge in [-0.1, -0.05) is 37.3 Å². The van der Waals surface area contributed by atoms with E-state index in [1.807, 2.05) is 49.4 Å². The van der Waals surface area contributed by atoms with Crippen LogP contribution in [0.4, 0.5) is 5.69 Å². The third-order valence-electron chi connectivity index (χ3n) is 5.62. The smallest absolute Gasteiger partial charge is 0.247 e. The quantitative estimate of drug-likeness (QED) is 0.694. The van der Waals surface area contributed by atoms with Crippen molar-refractivity contribution in [1.29, 1.82) is 0 Å². The summed E-state index contributed by atoms with van der Waals surface area (Å²) in [6.45, 7) is 7.19. The van der Waals surface area contributed by atoms with Crippen molar-refractivity contribution in [2.75, 3.05) is 18.4 Å². The van der Waals surface area contributed by atoms with Crippen molar-refractivity contribution >= 4 is 22.6 Å². The van der Waals surface area contributed by atoms with Crippen LogP contribution < -0.4 is 5.32 Å². The van der Waals surface area contributed by atoms with Crippen LogP contribution in [0.5, 0.6) is 0 Å². The van der Waals surface area contributed by atoms with Crippen molar-refractivity contribution < 1.29 is 4.79 Å². The third kappa shape index (κ3) is 3.67. The van der Waals surface area contributed by atoms with Gasteiger partial charge in [-0.05, 0) is 56.6 Å². The summed E-state index contributed by atoms with van der Waals surface area (Å²) in [6, 6.07) is 15.8. The van der Waals surface area contributed by atoms with E-state index in [4.69, 9.17) is 4.98 Å². The van der Waals surface area contributed by atoms with Crippen LogP contribution >= 0.6 is 0 Å². The van der Waals surface area contributed by atoms with Crippen molar-refractivity contribution in [2.45, 2.75) is 45.7 Å². The van der Waals surface area contributed by atoms with Gasteiger partial charge < -0.3 is 9.88 Å². The van der Waals surface area contributed by atoms with Gasteiger partial charge >= 0.3 is 0 Å². The number of nitrogens with one attached hydrogen (secondary N) is 1. The number of aromatic nitrogens is 2. The Kier molecular flexibility index (Phi) is 5.44. The van der Waals surface area contributed by atoms with Crippen LogP contribution in [0.2, 0.25) is 0 Å². The molecule has 28 heavy (non-hydrogen) atoms. The molecule has 5 nitrogen and oxygen atoms in total. The minimum Gasteiger partial charge on any atom is -0.324 e. The zero-order valence-electron chi connectivity index (χ0n) is 16.7. The summed E-state index contributed by atoms with van der Waals surface area (Å²) in [5, 5.41) is 3.17. The number of para-hydroxylation sites is 3. The maximum absolute atomic E-state index is 13.1. The summed E-state index contributed by atoms with van der Waals surface area (Å²) in [5.74, 6) is 0.931. The number of nitrogens with zero attached hydrogens (tertiary/aromatic N) is 3. The van der Waals surface area contributed by atoms with Crippen molar-refractivity contribution in [3.05, 3.63) is 59.9 Å². The van der Waals surface area contributed by atoms with E-state index in [9.17, 15) is 4.79 Å². The average molecular weight is 377 g/mol. The molecule has 0 aliphatic carbocycles. The number of benzene rings is 2. The number of rotatable bonds is 6. The molecule has 1 saturated heterocycles. The van der Waals surface area contributed by atoms with Gasteiger partial charge in [-0.2, -0.15) is 0 Å². The zero-order chi connectivity index (χ0) is 19.5. The lowest BCUT2D eigenvalue weighted by Gasteiger charge is -2.20. The first-order valence-electron chi connectivity index (χ1n) is 10.2. The van der Waals surface area contributed by atoms with Crippen molar-refractivity contribution in [3.63, 3.8) is 0 Å². The van der Waals surface area contributed by atoms with E-state index in [-0.39, 0.29) is 11.9 Å². The number of anilines is 1. The molecule has 146 valence electrons. The van der Waals surface area contributed by atoms with E-state index < -0.39 is 0 Å². The van der Waals surface area contributed by atoms with Gasteiger partial charge in [0.2, 0.25) is 5.91 Å². The van der Waals surface area contributed by atoms with Crippen LogP contribution in [0.15, 0.2) is 48.5 Å². The van der Waals surface area contributed by atoms with Crippen molar-refractivity contribution in [3.8, 4) is 0 Å². The fourth-order valence-electron chi connectivity index (χ4n) is 4.09. The van der Waals surface area contributed by atoms with Gasteiger partial charge in [-0.25, -0.2) is 4.98 Å². The molecule has 5 heteroatoms. The number of carbonyl (C=O) groups excluding carboxylic acids is 1. The number of imidazole rings is 1. The van der Waals surface area contributed by atoms with Crippen LogP contribution in [0, 0.1) is 0 Å². The van der Waals surface area contributed by atoms with E-state index in [1.165, 1.54) is 18.4 Å². The van der Waals surface area contributed by atoms with E-state index in [0.29, 0.717) is 0 Å². The van der Waals surface area contributed by atoms with Crippen LogP contribution in [0.1, 0.15) is 44.1 Å². The first kappa shape index (κ1) is 18.7. The summed E-state index contributed by atoms with van der Waals surface area (Å²) in [6.07, 6.45) is 3.32. The molecule has 0 spiro atoms. The third-order valence-corrected chi connectivity index (χ3v) is 5.62. The predicted molar refractivity (Wildman–Crippen MR) is 113 cm³/mol. The Morgan fingerprint density at radius 2 is 1.82 bits per heavy atom. The lowest BCUT2D eigenvalue weighted by Crippen LogP contribution is -2.26. The molecule has 2 heterocycles. The maximum Gasteiger partial charge on any atom is 0.247 e. The molecule has 0 saturated carbocycles. The fraction of sp³-hybridized carbons (Fsp3) is 0.391. The highest BCUT2D eigenvalue weighted by atomic mass is 16.2. The first-order valence-corrected chi connectivity index (χ1v) is 10.2. The largest absolute Gasteiger partial charge is 0.324 e. The normalized spacial score (nSPS) is 15.8. The molecular weight excluding hydrogens is 348 g/mol. The molecule has 1 aliphatic heterocycles. The molecule has 3 aromatic rings. The van der Waals surface area contributed by atoms with Gasteiger partial charge in [0, 0.05) is 18.7 Å². The molecule has 1 aromatic heterocycles. The number of amides is 1. The van der Waals surface area contributed by atoms with Crippen LogP contribution in [-0.4, -0.2) is 33.4 Å². The summed E-state index contributed by atoms with van der Waals surface area (Å²) in [7, 11) is 0. The Hall–Kier alpha value is -2.66. The van der Waals surface area contributed by atoms with E-state index in [1.54, 1.807) is 0 Å². The lowest BCUT2D eigenvalue weighted by molar-refractivity contribution is -0.118. The monoisotopic (exact) mass is 376 g/mol. The second-order valence-corrected chi connectivity index (χ2v) is 7.55. The topological polar surface area (TPSA) is 50.2 Å². The standard InChI is InChI=1S/C23H28N4O/c1-3-22-24-20-12-6-7-13-21(20)27(22)17(2)23(28)25-19-11-5-4-10-18(19)16-26-14-8-9-15-26/h4-7,10-13,17H,3,8-9,14-16H2,1-2H3,(H,25,28)/t17-/m1/s1. The lowest BCUT2D eigenvalue weighted by atomic mass is 10.1. The Balaban J connectivity index is 1.58. The molecule has 1 atom stereocenters. The van der Waals surface area contributed by atoms with Gasteiger partial charge in [0.05, 0.1) is 11.0 Å². The van der Waals surface area contributed by atoms with Crippen molar-refractivity contribution in [2.24, 2.45) is 0 Å². The minimum atomic E-state index is -0.331. The van der Waals surface area contributed by atoms with Crippen molar-refractivity contribution in [1.82, 2.24) is 14.5 Å². The summed E-state index contributed by atoms with van der Waals surface area (Å²) >= 11 is 0. The number of carbonyl (C=O) groups is 1. The number of fused-ring (bicyclic) bond motifs is 1. The molecule has 0 unspecified atom stereocenters. The molecular formula is C23H28N4O. The van der Waals surface area contributed by atoms with Crippen LogP contribution in [-0.2, 0) is 17.8 Å². The van der Waals surface area contributed by atoms with Gasteiger partial charge in [-0.3, -0.25) is 9.69 Å². The summed E-state index contributed by atoms with van der Waals surface area (Å²) in [5.41, 5.74) is 4.03. The maximum atomic E-state index is 13.1. The number of likely N-dealkylation sites (tertiary alicyclic amines) is 1. The van der Waals surface area contributed by atoms with E-state index >= 15 is 0 Å². The molecule has 0 bridgehead atoms. The van der Waals surface area contributed by atoms with E-state index in [0.717, 1.165) is 48.6 Å². The highest BCUT2D eigenvalue weighted by Crippen LogP contribution is 2.25. The van der Waals surface area contributed by atoms with Gasteiger partial charge in [0.15, 0.2) is 0 Å². The SMILES string of the molecule is CCc1nc2ccccc2n1[C@H](C)C(=O)Nc1ccccc1CN1CCCC1. The number of hydrogen-bond acceptors (Lipinski definition) is 3. The fourth-order valence-corrected chi connectivity index (χ4v) is 4.09. The first-order chi connectivity index (χ1) is 13.7. The average Bonchev–Trinajstić information content (AvgIpc) is 3.36. The second-order valence-electron chi connectivity index (χ2n) is 7.55. The zero-order valence-corrected chi connectivity index (χ0v) is 16.7. The van der Waals surface area contributed by atoms with Crippen LogP contribution in [0.3, 0.4) is 0 Å². The molecule has 1 N–H and O–H groups in total. The Morgan fingerprint density at radius 3 is 2.61 bits per heavy atom. The highest BCUT2D eigenvalue weighted by molar-refractivity contribution is 5.95. The molecule has 1 amide bonds. The Morgan fingerprint density at radius 1 is 1.11 bits per heavy atom. The predicted octanol–water partition coefficient (Wildman–Crippen LogP) is 4.39. The number of aryl methyl sites for hydroxylation is 1. The van der Waals surface area contributed by atoms with Gasteiger partial charge in [0.25, 0.3) is 0 Å². The van der Waals surface area contributed by atoms with Gasteiger partial charge in [-0.15, -0.1) is 0 Å². The highest BCUT2D eigenvalue weighted by Gasteiger charge is 2.22. The Bertz CT molecular complexity index is 972. The summed E-state index contributed by atoms with van der Waals surface area (Å²) in [4.78, 5) is 20.3.